The van der Waals surface area contributed by atoms with Crippen LogP contribution < -0.4 is 0 Å². The largest absolute Gasteiger partial charge is 0.465 e. The zero-order chi connectivity index (χ0) is 16.9. The van der Waals surface area contributed by atoms with Crippen LogP contribution in [0.5, 0.6) is 0 Å². The molecule has 0 heterocycles. The van der Waals surface area contributed by atoms with Gasteiger partial charge in [0.25, 0.3) is 5.91 Å². The summed E-state index contributed by atoms with van der Waals surface area (Å²) in [6.07, 6.45) is -4.69. The maximum atomic E-state index is 13.0. The zero-order valence-electron chi connectivity index (χ0n) is 11.4. The van der Waals surface area contributed by atoms with E-state index in [1.54, 1.807) is 0 Å². The number of rotatable bonds is 5. The van der Waals surface area contributed by atoms with Crippen LogP contribution in [-0.2, 0) is 9.53 Å². The molecule has 0 fully saturated rings. The molecule has 0 saturated carbocycles. The van der Waals surface area contributed by atoms with E-state index in [4.69, 9.17) is 0 Å². The quantitative estimate of drug-likeness (QED) is 0.577. The summed E-state index contributed by atoms with van der Waals surface area (Å²) >= 11 is 2.91. The van der Waals surface area contributed by atoms with Crippen molar-refractivity contribution in [3.05, 3.63) is 34.1 Å². The Morgan fingerprint density at radius 2 is 1.95 bits per heavy atom. The normalized spacial score (nSPS) is 11.2. The molecule has 0 aromatic heterocycles. The molecule has 0 aliphatic rings. The monoisotopic (exact) mass is 385 g/mol. The second kappa shape index (κ2) is 7.57. The van der Waals surface area contributed by atoms with Gasteiger partial charge in [-0.15, -0.1) is 0 Å². The third kappa shape index (κ3) is 5.63. The molecule has 0 aliphatic heterocycles. The van der Waals surface area contributed by atoms with Crippen molar-refractivity contribution >= 4 is 27.8 Å². The van der Waals surface area contributed by atoms with Gasteiger partial charge in [0.2, 0.25) is 0 Å². The summed E-state index contributed by atoms with van der Waals surface area (Å²) in [5.41, 5.74) is -0.185. The topological polar surface area (TPSA) is 46.6 Å². The summed E-state index contributed by atoms with van der Waals surface area (Å²) in [5, 5.41) is 0. The molecule has 0 spiro atoms. The molecule has 0 bridgehead atoms. The molecular weight excluding hydrogens is 374 g/mol. The van der Waals surface area contributed by atoms with Crippen molar-refractivity contribution in [2.75, 3.05) is 19.7 Å². The molecular formula is C13H12BrF4NO3. The number of carbonyl (C=O) groups excluding carboxylic acids is 2. The van der Waals surface area contributed by atoms with Gasteiger partial charge in [-0.25, -0.2) is 4.39 Å². The number of carbonyl (C=O) groups is 2. The van der Waals surface area contributed by atoms with E-state index in [1.165, 1.54) is 6.92 Å². The van der Waals surface area contributed by atoms with Crippen molar-refractivity contribution in [3.8, 4) is 0 Å². The second-order valence-corrected chi connectivity index (χ2v) is 5.06. The zero-order valence-corrected chi connectivity index (χ0v) is 13.0. The van der Waals surface area contributed by atoms with E-state index >= 15 is 0 Å². The number of alkyl halides is 3. The maximum absolute atomic E-state index is 13.0. The Labute approximate surface area is 132 Å². The third-order valence-corrected chi connectivity index (χ3v) is 3.10. The lowest BCUT2D eigenvalue weighted by molar-refractivity contribution is -0.153. The van der Waals surface area contributed by atoms with Gasteiger partial charge in [0.15, 0.2) is 0 Å². The van der Waals surface area contributed by atoms with E-state index in [1.807, 2.05) is 0 Å². The SMILES string of the molecule is CCOC(=O)CN(CC(F)(F)F)C(=O)c1ccc(F)cc1Br. The van der Waals surface area contributed by atoms with E-state index in [0.717, 1.165) is 18.2 Å². The van der Waals surface area contributed by atoms with Gasteiger partial charge >= 0.3 is 12.1 Å². The number of hydrogen-bond donors (Lipinski definition) is 0. The summed E-state index contributed by atoms with van der Waals surface area (Å²) in [6, 6.07) is 2.92. The van der Waals surface area contributed by atoms with E-state index in [0.29, 0.717) is 4.90 Å². The van der Waals surface area contributed by atoms with Crippen LogP contribution in [0.3, 0.4) is 0 Å². The fraction of sp³-hybridized carbons (Fsp3) is 0.385. The highest BCUT2D eigenvalue weighted by molar-refractivity contribution is 9.10. The molecule has 1 aromatic carbocycles. The van der Waals surface area contributed by atoms with Crippen LogP contribution in [0, 0.1) is 5.82 Å². The summed E-state index contributed by atoms with van der Waals surface area (Å²) in [7, 11) is 0. The predicted octanol–water partition coefficient (Wildman–Crippen LogP) is 3.16. The Morgan fingerprint density at radius 1 is 1.32 bits per heavy atom. The van der Waals surface area contributed by atoms with E-state index in [9.17, 15) is 27.2 Å². The Morgan fingerprint density at radius 3 is 2.45 bits per heavy atom. The summed E-state index contributed by atoms with van der Waals surface area (Å²) in [5.74, 6) is -2.67. The highest BCUT2D eigenvalue weighted by Crippen LogP contribution is 2.22. The average molecular weight is 386 g/mol. The first-order valence-electron chi connectivity index (χ1n) is 6.10. The number of benzene rings is 1. The third-order valence-electron chi connectivity index (χ3n) is 2.44. The lowest BCUT2D eigenvalue weighted by Crippen LogP contribution is -2.42. The molecule has 122 valence electrons. The minimum atomic E-state index is -4.69. The molecule has 1 amide bonds. The highest BCUT2D eigenvalue weighted by atomic mass is 79.9. The molecule has 1 aromatic rings. The van der Waals surface area contributed by atoms with Gasteiger partial charge in [0.1, 0.15) is 18.9 Å². The van der Waals surface area contributed by atoms with Gasteiger partial charge in [-0.05, 0) is 41.1 Å². The molecule has 0 aliphatic carbocycles. The van der Waals surface area contributed by atoms with Crippen molar-refractivity contribution in [3.63, 3.8) is 0 Å². The molecule has 4 nitrogen and oxygen atoms in total. The first-order valence-corrected chi connectivity index (χ1v) is 6.90. The van der Waals surface area contributed by atoms with Crippen LogP contribution in [0.15, 0.2) is 22.7 Å². The fourth-order valence-electron chi connectivity index (χ4n) is 1.61. The standard InChI is InChI=1S/C13H12BrF4NO3/c1-2-22-11(20)6-19(7-13(16,17)18)12(21)9-4-3-8(15)5-10(9)14/h3-5H,2,6-7H2,1H3. The molecule has 0 N–H and O–H groups in total. The van der Waals surface area contributed by atoms with Gasteiger partial charge in [0, 0.05) is 4.47 Å². The second-order valence-electron chi connectivity index (χ2n) is 4.21. The van der Waals surface area contributed by atoms with E-state index in [2.05, 4.69) is 20.7 Å². The predicted molar refractivity (Wildman–Crippen MR) is 72.7 cm³/mol. The number of amides is 1. The maximum Gasteiger partial charge on any atom is 0.406 e. The lowest BCUT2D eigenvalue weighted by Gasteiger charge is -2.23. The summed E-state index contributed by atoms with van der Waals surface area (Å²) in [4.78, 5) is 23.8. The molecule has 9 heteroatoms. The van der Waals surface area contributed by atoms with E-state index < -0.39 is 37.0 Å². The van der Waals surface area contributed by atoms with Crippen molar-refractivity contribution in [2.45, 2.75) is 13.1 Å². The van der Waals surface area contributed by atoms with Gasteiger partial charge < -0.3 is 9.64 Å². The Kier molecular flexibility index (Phi) is 6.34. The number of ether oxygens (including phenoxy) is 1. The molecule has 0 unspecified atom stereocenters. The molecule has 0 atom stereocenters. The smallest absolute Gasteiger partial charge is 0.406 e. The first-order chi connectivity index (χ1) is 10.1. The summed E-state index contributed by atoms with van der Waals surface area (Å²) < 4.78 is 55.2. The van der Waals surface area contributed by atoms with Crippen LogP contribution in [-0.4, -0.2) is 42.6 Å². The van der Waals surface area contributed by atoms with Crippen LogP contribution in [0.2, 0.25) is 0 Å². The lowest BCUT2D eigenvalue weighted by atomic mass is 10.2. The number of hydrogen-bond acceptors (Lipinski definition) is 3. The van der Waals surface area contributed by atoms with Crippen molar-refractivity contribution in [1.29, 1.82) is 0 Å². The Hall–Kier alpha value is -1.64. The fourth-order valence-corrected chi connectivity index (χ4v) is 2.13. The average Bonchev–Trinajstić information content (AvgIpc) is 2.36. The highest BCUT2D eigenvalue weighted by Gasteiger charge is 2.35. The number of halogens is 5. The molecule has 0 saturated heterocycles. The van der Waals surface area contributed by atoms with Crippen LogP contribution in [0.4, 0.5) is 17.6 Å². The minimum absolute atomic E-state index is 0.00599. The summed E-state index contributed by atoms with van der Waals surface area (Å²) in [6.45, 7) is -0.998. The van der Waals surface area contributed by atoms with Crippen molar-refractivity contribution < 1.29 is 31.9 Å². The molecule has 22 heavy (non-hydrogen) atoms. The van der Waals surface area contributed by atoms with E-state index in [-0.39, 0.29) is 16.6 Å². The van der Waals surface area contributed by atoms with Gasteiger partial charge in [-0.2, -0.15) is 13.2 Å². The van der Waals surface area contributed by atoms with Crippen LogP contribution >= 0.6 is 15.9 Å². The van der Waals surface area contributed by atoms with Gasteiger partial charge in [-0.3, -0.25) is 9.59 Å². The minimum Gasteiger partial charge on any atom is -0.465 e. The van der Waals surface area contributed by atoms with Gasteiger partial charge in [0.05, 0.1) is 12.2 Å². The van der Waals surface area contributed by atoms with Gasteiger partial charge in [-0.1, -0.05) is 0 Å². The molecule has 0 radical (unpaired) electrons. The number of nitrogens with zero attached hydrogens (tertiary/aromatic N) is 1. The Bertz CT molecular complexity index is 563. The first kappa shape index (κ1) is 18.4. The van der Waals surface area contributed by atoms with Crippen LogP contribution in [0.25, 0.3) is 0 Å². The number of esters is 1. The van der Waals surface area contributed by atoms with Crippen LogP contribution in [0.1, 0.15) is 17.3 Å². The van der Waals surface area contributed by atoms with Crippen molar-refractivity contribution in [1.82, 2.24) is 4.90 Å². The Balaban J connectivity index is 3.03. The van der Waals surface area contributed by atoms with Crippen molar-refractivity contribution in [2.24, 2.45) is 0 Å². The molecule has 1 rings (SSSR count).